The molecule has 1 aliphatic heterocycles. The maximum Gasteiger partial charge on any atom is 0.213 e. The van der Waals surface area contributed by atoms with E-state index in [-0.39, 0.29) is 0 Å². The fourth-order valence-corrected chi connectivity index (χ4v) is 3.22. The van der Waals surface area contributed by atoms with Crippen molar-refractivity contribution in [2.75, 3.05) is 51.8 Å². The quantitative estimate of drug-likeness (QED) is 0.610. The van der Waals surface area contributed by atoms with Gasteiger partial charge in [0.15, 0.2) is 5.96 Å². The summed E-state index contributed by atoms with van der Waals surface area (Å²) in [5, 5.41) is 3.41. The third kappa shape index (κ3) is 5.06. The summed E-state index contributed by atoms with van der Waals surface area (Å²) in [6.07, 6.45) is 1.75. The molecular weight excluding hydrogens is 354 g/mol. The van der Waals surface area contributed by atoms with E-state index in [1.807, 2.05) is 24.3 Å². The number of aliphatic imine (C=N–C) groups is 1. The van der Waals surface area contributed by atoms with Gasteiger partial charge in [0.05, 0.1) is 20.8 Å². The van der Waals surface area contributed by atoms with Gasteiger partial charge in [-0.1, -0.05) is 0 Å². The molecule has 150 valence electrons. The lowest BCUT2D eigenvalue weighted by Crippen LogP contribution is -2.52. The van der Waals surface area contributed by atoms with Gasteiger partial charge in [-0.05, 0) is 42.8 Å². The van der Waals surface area contributed by atoms with E-state index >= 15 is 0 Å². The molecular formula is C21H29N5O2. The lowest BCUT2D eigenvalue weighted by Gasteiger charge is -2.37. The monoisotopic (exact) mass is 383 g/mol. The average molecular weight is 383 g/mol. The second kappa shape index (κ2) is 9.82. The highest BCUT2D eigenvalue weighted by Gasteiger charge is 2.19. The van der Waals surface area contributed by atoms with E-state index in [0.717, 1.165) is 50.0 Å². The summed E-state index contributed by atoms with van der Waals surface area (Å²) >= 11 is 0. The van der Waals surface area contributed by atoms with Crippen LogP contribution in [0.1, 0.15) is 12.5 Å². The Kier molecular flexibility index (Phi) is 6.94. The highest BCUT2D eigenvalue weighted by Crippen LogP contribution is 2.20. The molecule has 0 radical (unpaired) electrons. The summed E-state index contributed by atoms with van der Waals surface area (Å²) < 4.78 is 10.4. The highest BCUT2D eigenvalue weighted by atomic mass is 16.5. The van der Waals surface area contributed by atoms with Crippen LogP contribution in [0.15, 0.2) is 47.6 Å². The standard InChI is InChI=1S/C21H29N5O2/c1-4-22-21(24-16-17-9-10-23-20(15-17)28-3)26-13-11-25(12-14-26)18-5-7-19(27-2)8-6-18/h5-10,15H,4,11-14,16H2,1-3H3,(H,22,24). The first-order valence-corrected chi connectivity index (χ1v) is 9.64. The Hall–Kier alpha value is -2.96. The second-order valence-electron chi connectivity index (χ2n) is 6.55. The van der Waals surface area contributed by atoms with Gasteiger partial charge in [-0.3, -0.25) is 0 Å². The molecule has 0 bridgehead atoms. The van der Waals surface area contributed by atoms with E-state index < -0.39 is 0 Å². The van der Waals surface area contributed by atoms with Gasteiger partial charge in [-0.2, -0.15) is 0 Å². The number of benzene rings is 1. The zero-order chi connectivity index (χ0) is 19.8. The molecule has 1 fully saturated rings. The van der Waals surface area contributed by atoms with Gasteiger partial charge >= 0.3 is 0 Å². The van der Waals surface area contributed by atoms with Crippen LogP contribution in [-0.2, 0) is 6.54 Å². The molecule has 0 spiro atoms. The van der Waals surface area contributed by atoms with Crippen LogP contribution in [0.4, 0.5) is 5.69 Å². The smallest absolute Gasteiger partial charge is 0.213 e. The SMILES string of the molecule is CCNC(=NCc1ccnc(OC)c1)N1CCN(c2ccc(OC)cc2)CC1. The number of methoxy groups -OCH3 is 2. The molecule has 0 unspecified atom stereocenters. The number of rotatable bonds is 6. The van der Waals surface area contributed by atoms with Gasteiger partial charge in [0.2, 0.25) is 5.88 Å². The Bertz CT molecular complexity index is 771. The van der Waals surface area contributed by atoms with Crippen LogP contribution < -0.4 is 19.7 Å². The van der Waals surface area contributed by atoms with Crippen LogP contribution in [0, 0.1) is 0 Å². The van der Waals surface area contributed by atoms with E-state index in [4.69, 9.17) is 14.5 Å². The Balaban J connectivity index is 1.61. The van der Waals surface area contributed by atoms with Crippen molar-refractivity contribution in [1.82, 2.24) is 15.2 Å². The van der Waals surface area contributed by atoms with E-state index in [1.54, 1.807) is 20.4 Å². The number of guanidine groups is 1. The predicted octanol–water partition coefficient (Wildman–Crippen LogP) is 2.39. The Morgan fingerprint density at radius 2 is 1.82 bits per heavy atom. The molecule has 1 N–H and O–H groups in total. The maximum atomic E-state index is 5.25. The van der Waals surface area contributed by atoms with Gasteiger partial charge < -0.3 is 24.6 Å². The molecule has 7 heteroatoms. The van der Waals surface area contributed by atoms with Crippen LogP contribution in [0.3, 0.4) is 0 Å². The zero-order valence-electron chi connectivity index (χ0n) is 16.9. The Morgan fingerprint density at radius 3 is 2.46 bits per heavy atom. The summed E-state index contributed by atoms with van der Waals surface area (Å²) in [4.78, 5) is 13.7. The number of anilines is 1. The molecule has 0 aliphatic carbocycles. The molecule has 1 saturated heterocycles. The number of hydrogen-bond acceptors (Lipinski definition) is 5. The van der Waals surface area contributed by atoms with Gasteiger partial charge in [0.1, 0.15) is 5.75 Å². The molecule has 2 aromatic rings. The predicted molar refractivity (Wildman–Crippen MR) is 112 cm³/mol. The largest absolute Gasteiger partial charge is 0.497 e. The number of piperazine rings is 1. The van der Waals surface area contributed by atoms with Gasteiger partial charge in [0, 0.05) is 50.7 Å². The molecule has 7 nitrogen and oxygen atoms in total. The van der Waals surface area contributed by atoms with Crippen LogP contribution in [-0.4, -0.2) is 62.8 Å². The zero-order valence-corrected chi connectivity index (χ0v) is 16.9. The number of nitrogens with one attached hydrogen (secondary N) is 1. The van der Waals surface area contributed by atoms with Crippen molar-refractivity contribution in [1.29, 1.82) is 0 Å². The Morgan fingerprint density at radius 1 is 1.07 bits per heavy atom. The molecule has 1 aliphatic rings. The first kappa shape index (κ1) is 19.8. The summed E-state index contributed by atoms with van der Waals surface area (Å²) in [5.74, 6) is 2.45. The molecule has 0 atom stereocenters. The van der Waals surface area contributed by atoms with Gasteiger partial charge in [-0.25, -0.2) is 9.98 Å². The van der Waals surface area contributed by atoms with Crippen LogP contribution in [0.25, 0.3) is 0 Å². The molecule has 0 saturated carbocycles. The number of hydrogen-bond donors (Lipinski definition) is 1. The van der Waals surface area contributed by atoms with E-state index in [2.05, 4.69) is 39.2 Å². The number of nitrogens with zero attached hydrogens (tertiary/aromatic N) is 4. The van der Waals surface area contributed by atoms with Crippen molar-refractivity contribution in [3.63, 3.8) is 0 Å². The van der Waals surface area contributed by atoms with Crippen molar-refractivity contribution < 1.29 is 9.47 Å². The molecule has 1 aromatic heterocycles. The maximum absolute atomic E-state index is 5.25. The average Bonchev–Trinajstić information content (AvgIpc) is 2.77. The third-order valence-electron chi connectivity index (χ3n) is 4.77. The minimum absolute atomic E-state index is 0.597. The van der Waals surface area contributed by atoms with Crippen molar-refractivity contribution in [2.24, 2.45) is 4.99 Å². The fourth-order valence-electron chi connectivity index (χ4n) is 3.22. The van der Waals surface area contributed by atoms with E-state index in [0.29, 0.717) is 12.4 Å². The fraction of sp³-hybridized carbons (Fsp3) is 0.429. The Labute approximate surface area is 167 Å². The molecule has 2 heterocycles. The second-order valence-corrected chi connectivity index (χ2v) is 6.55. The lowest BCUT2D eigenvalue weighted by atomic mass is 10.2. The van der Waals surface area contributed by atoms with Crippen LogP contribution in [0.5, 0.6) is 11.6 Å². The summed E-state index contributed by atoms with van der Waals surface area (Å²) in [5.41, 5.74) is 2.31. The minimum Gasteiger partial charge on any atom is -0.497 e. The van der Waals surface area contributed by atoms with E-state index in [9.17, 15) is 0 Å². The summed E-state index contributed by atoms with van der Waals surface area (Å²) in [6.45, 7) is 7.31. The summed E-state index contributed by atoms with van der Waals surface area (Å²) in [6, 6.07) is 12.1. The first-order valence-electron chi connectivity index (χ1n) is 9.64. The van der Waals surface area contributed by atoms with Crippen molar-refractivity contribution in [3.8, 4) is 11.6 Å². The molecule has 0 amide bonds. The van der Waals surface area contributed by atoms with Crippen molar-refractivity contribution >= 4 is 11.6 Å². The number of ether oxygens (including phenoxy) is 2. The topological polar surface area (TPSA) is 62.2 Å². The van der Waals surface area contributed by atoms with Crippen molar-refractivity contribution in [3.05, 3.63) is 48.2 Å². The number of pyridine rings is 1. The molecule has 28 heavy (non-hydrogen) atoms. The minimum atomic E-state index is 0.597. The van der Waals surface area contributed by atoms with Crippen LogP contribution in [0.2, 0.25) is 0 Å². The molecule has 1 aromatic carbocycles. The van der Waals surface area contributed by atoms with Crippen LogP contribution >= 0.6 is 0 Å². The van der Waals surface area contributed by atoms with Crippen molar-refractivity contribution in [2.45, 2.75) is 13.5 Å². The first-order chi connectivity index (χ1) is 13.7. The lowest BCUT2D eigenvalue weighted by molar-refractivity contribution is 0.372. The van der Waals surface area contributed by atoms with Gasteiger partial charge in [0.25, 0.3) is 0 Å². The highest BCUT2D eigenvalue weighted by molar-refractivity contribution is 5.80. The number of aromatic nitrogens is 1. The normalized spacial score (nSPS) is 14.8. The third-order valence-corrected chi connectivity index (χ3v) is 4.77. The van der Waals surface area contributed by atoms with E-state index in [1.165, 1.54) is 5.69 Å². The summed E-state index contributed by atoms with van der Waals surface area (Å²) in [7, 11) is 3.32. The molecule has 3 rings (SSSR count). The van der Waals surface area contributed by atoms with Gasteiger partial charge in [-0.15, -0.1) is 0 Å².